The predicted molar refractivity (Wildman–Crippen MR) is 97.6 cm³/mol. The first-order valence-electron chi connectivity index (χ1n) is 9.22. The molecule has 4 atom stereocenters. The number of piperidine rings is 1. The SMILES string of the molecule is C/C=C1\C[N@@+]2(C)CC[C@]34C(=C(C=O)[C@H]1C[C@@H]32)Nc1c(OC)cccc14. The molecule has 0 aromatic heterocycles. The van der Waals surface area contributed by atoms with Crippen LogP contribution >= 0.6 is 0 Å². The molecule has 5 rings (SSSR count). The Balaban J connectivity index is 1.84. The van der Waals surface area contributed by atoms with E-state index in [-0.39, 0.29) is 11.3 Å². The number of likely N-dealkylation sites (N-methyl/N-ethyl adjacent to an activating group) is 1. The smallest absolute Gasteiger partial charge is 0.148 e. The Bertz CT molecular complexity index is 855. The van der Waals surface area contributed by atoms with Crippen LogP contribution in [0.4, 0.5) is 5.69 Å². The van der Waals surface area contributed by atoms with Gasteiger partial charge in [-0.05, 0) is 24.1 Å². The van der Waals surface area contributed by atoms with Crippen molar-refractivity contribution >= 4 is 12.0 Å². The lowest BCUT2D eigenvalue weighted by Gasteiger charge is -2.51. The molecule has 1 N–H and O–H groups in total. The molecule has 2 fully saturated rings. The molecule has 1 aromatic rings. The molecule has 4 nitrogen and oxygen atoms in total. The lowest BCUT2D eigenvalue weighted by Crippen LogP contribution is -2.61. The van der Waals surface area contributed by atoms with Crippen molar-refractivity contribution in [2.75, 3.05) is 32.6 Å². The molecular weight excluding hydrogens is 312 g/mol. The van der Waals surface area contributed by atoms with E-state index >= 15 is 0 Å². The van der Waals surface area contributed by atoms with Crippen LogP contribution < -0.4 is 10.1 Å². The fourth-order valence-corrected chi connectivity index (χ4v) is 6.28. The van der Waals surface area contributed by atoms with Crippen molar-refractivity contribution in [1.82, 2.24) is 0 Å². The Hall–Kier alpha value is -2.07. The minimum absolute atomic E-state index is 0.0510. The fraction of sp³-hybridized carbons (Fsp3) is 0.476. The number of quaternary nitrogens is 1. The van der Waals surface area contributed by atoms with E-state index in [0.29, 0.717) is 6.04 Å². The van der Waals surface area contributed by atoms with Crippen molar-refractivity contribution in [3.63, 3.8) is 0 Å². The summed E-state index contributed by atoms with van der Waals surface area (Å²) in [5.41, 5.74) is 5.90. The number of anilines is 1. The van der Waals surface area contributed by atoms with Gasteiger partial charge in [0.25, 0.3) is 0 Å². The molecule has 1 aromatic carbocycles. The summed E-state index contributed by atoms with van der Waals surface area (Å²) in [4.78, 5) is 12.2. The van der Waals surface area contributed by atoms with Gasteiger partial charge in [-0.15, -0.1) is 0 Å². The summed E-state index contributed by atoms with van der Waals surface area (Å²) < 4.78 is 6.71. The number of carbonyl (C=O) groups excluding carboxylic acids is 1. The molecule has 130 valence electrons. The predicted octanol–water partition coefficient (Wildman–Crippen LogP) is 3.01. The highest BCUT2D eigenvalue weighted by Crippen LogP contribution is 2.63. The van der Waals surface area contributed by atoms with Crippen LogP contribution in [0.2, 0.25) is 0 Å². The molecule has 0 amide bonds. The number of aldehydes is 1. The molecule has 2 bridgehead atoms. The highest BCUT2D eigenvalue weighted by Gasteiger charge is 2.67. The molecule has 2 saturated heterocycles. The Morgan fingerprint density at radius 2 is 2.24 bits per heavy atom. The van der Waals surface area contributed by atoms with E-state index in [1.54, 1.807) is 7.11 Å². The van der Waals surface area contributed by atoms with Crippen molar-refractivity contribution in [2.24, 2.45) is 5.92 Å². The van der Waals surface area contributed by atoms with Crippen LogP contribution in [0.1, 0.15) is 25.3 Å². The van der Waals surface area contributed by atoms with Gasteiger partial charge >= 0.3 is 0 Å². The van der Waals surface area contributed by atoms with E-state index < -0.39 is 0 Å². The van der Waals surface area contributed by atoms with Crippen molar-refractivity contribution < 1.29 is 14.0 Å². The quantitative estimate of drug-likeness (QED) is 0.512. The number of benzene rings is 1. The third-order valence-corrected chi connectivity index (χ3v) is 7.37. The lowest BCUT2D eigenvalue weighted by atomic mass is 9.61. The van der Waals surface area contributed by atoms with E-state index in [4.69, 9.17) is 4.74 Å². The van der Waals surface area contributed by atoms with Crippen molar-refractivity contribution in [1.29, 1.82) is 0 Å². The Kier molecular flexibility index (Phi) is 2.89. The van der Waals surface area contributed by atoms with Gasteiger partial charge in [0.15, 0.2) is 0 Å². The molecule has 4 heteroatoms. The molecule has 0 unspecified atom stereocenters. The highest BCUT2D eigenvalue weighted by molar-refractivity contribution is 5.86. The summed E-state index contributed by atoms with van der Waals surface area (Å²) in [7, 11) is 4.12. The van der Waals surface area contributed by atoms with Crippen LogP contribution in [0.3, 0.4) is 0 Å². The molecule has 1 aliphatic carbocycles. The van der Waals surface area contributed by atoms with Gasteiger partial charge in [-0.1, -0.05) is 18.2 Å². The monoisotopic (exact) mass is 337 g/mol. The second-order valence-electron chi connectivity index (χ2n) is 8.21. The summed E-state index contributed by atoms with van der Waals surface area (Å²) in [6.45, 7) is 4.34. The molecule has 1 spiro atoms. The molecule has 3 aliphatic heterocycles. The maximum atomic E-state index is 12.2. The fourth-order valence-electron chi connectivity index (χ4n) is 6.28. The second kappa shape index (κ2) is 4.76. The number of rotatable bonds is 2. The maximum absolute atomic E-state index is 12.2. The lowest BCUT2D eigenvalue weighted by molar-refractivity contribution is -0.923. The number of fused-ring (bicyclic) bond motifs is 2. The topological polar surface area (TPSA) is 38.3 Å². The number of allylic oxidation sites excluding steroid dienone is 2. The molecule has 0 saturated carbocycles. The number of nitrogens with one attached hydrogen (secondary N) is 1. The van der Waals surface area contributed by atoms with E-state index in [2.05, 4.69) is 37.5 Å². The Labute approximate surface area is 148 Å². The van der Waals surface area contributed by atoms with Gasteiger partial charge in [-0.3, -0.25) is 4.79 Å². The summed E-state index contributed by atoms with van der Waals surface area (Å²) in [5, 5.41) is 3.65. The van der Waals surface area contributed by atoms with Crippen LogP contribution in [0.15, 0.2) is 41.1 Å². The van der Waals surface area contributed by atoms with Gasteiger partial charge in [-0.2, -0.15) is 0 Å². The zero-order chi connectivity index (χ0) is 17.4. The molecular formula is C21H25N2O2+. The van der Waals surface area contributed by atoms with Gasteiger partial charge < -0.3 is 14.5 Å². The highest BCUT2D eigenvalue weighted by atomic mass is 16.5. The standard InChI is InChI=1S/C21H24N2O2/c1-4-13-11-23(2)9-8-21-16-6-5-7-17(25-3)19(16)22-20(21)15(12-24)14(13)10-18(21)23/h4-7,12,14,18H,8-11H2,1-3H3/p+1/b13-4+/t14-,18-,21+,23+/m0/s1. The van der Waals surface area contributed by atoms with Crippen LogP contribution in [0, 0.1) is 5.92 Å². The first kappa shape index (κ1) is 15.2. The zero-order valence-corrected chi connectivity index (χ0v) is 15.1. The first-order chi connectivity index (χ1) is 12.1. The Morgan fingerprint density at radius 1 is 1.40 bits per heavy atom. The average molecular weight is 337 g/mol. The first-order valence-corrected chi connectivity index (χ1v) is 9.22. The summed E-state index contributed by atoms with van der Waals surface area (Å²) in [5.74, 6) is 1.15. The number of hydrogen-bond donors (Lipinski definition) is 1. The van der Waals surface area contributed by atoms with Crippen LogP contribution in [0.25, 0.3) is 0 Å². The zero-order valence-electron chi connectivity index (χ0n) is 15.1. The van der Waals surface area contributed by atoms with Crippen LogP contribution in [0.5, 0.6) is 5.75 Å². The molecule has 0 radical (unpaired) electrons. The largest absolute Gasteiger partial charge is 0.495 e. The summed E-state index contributed by atoms with van der Waals surface area (Å²) in [6.07, 6.45) is 5.52. The van der Waals surface area contributed by atoms with Gasteiger partial charge in [0.2, 0.25) is 0 Å². The number of ether oxygens (including phenoxy) is 1. The normalized spacial score (nSPS) is 39.1. The van der Waals surface area contributed by atoms with Crippen molar-refractivity contribution in [3.8, 4) is 5.75 Å². The summed E-state index contributed by atoms with van der Waals surface area (Å²) >= 11 is 0. The van der Waals surface area contributed by atoms with Gasteiger partial charge in [0.05, 0.1) is 31.8 Å². The van der Waals surface area contributed by atoms with E-state index in [1.807, 2.05) is 6.07 Å². The maximum Gasteiger partial charge on any atom is 0.148 e. The third kappa shape index (κ3) is 1.59. The average Bonchev–Trinajstić information content (AvgIpc) is 3.14. The van der Waals surface area contributed by atoms with Crippen molar-refractivity contribution in [3.05, 3.63) is 46.7 Å². The molecule has 4 aliphatic rings. The number of carbonyl (C=O) groups is 1. The number of para-hydroxylation sites is 1. The minimum Gasteiger partial charge on any atom is -0.495 e. The van der Waals surface area contributed by atoms with Crippen LogP contribution in [-0.4, -0.2) is 44.1 Å². The summed E-state index contributed by atoms with van der Waals surface area (Å²) in [6, 6.07) is 6.86. The van der Waals surface area contributed by atoms with Gasteiger partial charge in [0, 0.05) is 30.0 Å². The number of nitrogens with zero attached hydrogens (tertiary/aromatic N) is 1. The minimum atomic E-state index is -0.0510. The number of hydrogen-bond acceptors (Lipinski definition) is 3. The van der Waals surface area contributed by atoms with Crippen LogP contribution in [-0.2, 0) is 10.2 Å². The van der Waals surface area contributed by atoms with E-state index in [1.165, 1.54) is 11.1 Å². The van der Waals surface area contributed by atoms with E-state index in [0.717, 1.165) is 59.4 Å². The molecule has 25 heavy (non-hydrogen) atoms. The van der Waals surface area contributed by atoms with Gasteiger partial charge in [0.1, 0.15) is 24.6 Å². The van der Waals surface area contributed by atoms with Crippen molar-refractivity contribution in [2.45, 2.75) is 31.2 Å². The number of methoxy groups -OCH3 is 1. The molecule has 3 heterocycles. The second-order valence-corrected chi connectivity index (χ2v) is 8.21. The van der Waals surface area contributed by atoms with E-state index in [9.17, 15) is 4.79 Å². The third-order valence-electron chi connectivity index (χ3n) is 7.37. The van der Waals surface area contributed by atoms with Gasteiger partial charge in [-0.25, -0.2) is 0 Å². The Morgan fingerprint density at radius 3 is 2.96 bits per heavy atom.